The van der Waals surface area contributed by atoms with E-state index in [0.29, 0.717) is 11.0 Å². The van der Waals surface area contributed by atoms with E-state index >= 15 is 0 Å². The van der Waals surface area contributed by atoms with Crippen molar-refractivity contribution in [1.82, 2.24) is 14.9 Å². The van der Waals surface area contributed by atoms with Gasteiger partial charge in [0.25, 0.3) is 0 Å². The number of nitrogens with two attached hydrogens (primary N) is 1. The van der Waals surface area contributed by atoms with Crippen LogP contribution in [0.5, 0.6) is 0 Å². The Kier molecular flexibility index (Phi) is 4.65. The molecule has 1 atom stereocenters. The number of rotatable bonds is 4. The van der Waals surface area contributed by atoms with Gasteiger partial charge in [0.15, 0.2) is 5.82 Å². The molecule has 0 bridgehead atoms. The van der Waals surface area contributed by atoms with Gasteiger partial charge in [0.2, 0.25) is 11.1 Å². The van der Waals surface area contributed by atoms with E-state index in [0.717, 1.165) is 36.4 Å². The second-order valence-electron chi connectivity index (χ2n) is 6.55. The van der Waals surface area contributed by atoms with Crippen molar-refractivity contribution in [2.24, 2.45) is 0 Å². The molecule has 0 aliphatic carbocycles. The summed E-state index contributed by atoms with van der Waals surface area (Å²) >= 11 is 1.31. The first-order valence-corrected chi connectivity index (χ1v) is 9.75. The van der Waals surface area contributed by atoms with Crippen LogP contribution in [-0.4, -0.2) is 32.6 Å². The van der Waals surface area contributed by atoms with Gasteiger partial charge in [0.1, 0.15) is 5.76 Å². The molecule has 2 aromatic heterocycles. The largest absolute Gasteiger partial charge is 0.469 e. The fraction of sp³-hybridized carbons (Fsp3) is 0.316. The number of carbonyl (C=O) groups is 1. The summed E-state index contributed by atoms with van der Waals surface area (Å²) < 4.78 is 6.72. The number of aryl methyl sites for hydroxylation is 2. The van der Waals surface area contributed by atoms with Crippen LogP contribution >= 0.6 is 11.8 Å². The van der Waals surface area contributed by atoms with Crippen LogP contribution in [0.4, 0.5) is 5.69 Å². The molecule has 4 rings (SSSR count). The van der Waals surface area contributed by atoms with Crippen molar-refractivity contribution in [3.63, 3.8) is 0 Å². The fourth-order valence-corrected chi connectivity index (χ4v) is 4.18. The first-order chi connectivity index (χ1) is 13.1. The highest BCUT2D eigenvalue weighted by Gasteiger charge is 2.28. The van der Waals surface area contributed by atoms with Gasteiger partial charge in [-0.3, -0.25) is 4.79 Å². The first kappa shape index (κ1) is 17.7. The number of nitrogen functional groups attached to an aromatic ring is 1. The zero-order chi connectivity index (χ0) is 19.0. The van der Waals surface area contributed by atoms with Crippen LogP contribution in [0.3, 0.4) is 0 Å². The highest BCUT2D eigenvalue weighted by Crippen LogP contribution is 2.31. The number of thioether (sulfide) groups is 1. The van der Waals surface area contributed by atoms with Gasteiger partial charge in [-0.2, -0.15) is 0 Å². The average molecular weight is 383 g/mol. The van der Waals surface area contributed by atoms with Crippen LogP contribution in [0.25, 0.3) is 11.4 Å². The van der Waals surface area contributed by atoms with E-state index < -0.39 is 0 Å². The van der Waals surface area contributed by atoms with E-state index in [-0.39, 0.29) is 11.2 Å². The molecule has 0 spiro atoms. The Hall–Kier alpha value is -2.74. The molecule has 0 saturated carbocycles. The molecule has 140 valence electrons. The van der Waals surface area contributed by atoms with E-state index in [2.05, 4.69) is 16.3 Å². The van der Waals surface area contributed by atoms with Crippen LogP contribution in [0, 0.1) is 6.92 Å². The Morgan fingerprint density at radius 2 is 2.11 bits per heavy atom. The van der Waals surface area contributed by atoms with Crippen LogP contribution in [0.15, 0.2) is 46.2 Å². The maximum absolute atomic E-state index is 13.1. The molecule has 1 amide bonds. The van der Waals surface area contributed by atoms with Gasteiger partial charge < -0.3 is 15.2 Å². The summed E-state index contributed by atoms with van der Waals surface area (Å²) in [6.07, 6.45) is 3.56. The summed E-state index contributed by atoms with van der Waals surface area (Å²) in [6.45, 7) is 4.45. The molecule has 7 nitrogen and oxygen atoms in total. The number of hydrogen-bond donors (Lipinski definition) is 1. The number of anilines is 1. The molecule has 27 heavy (non-hydrogen) atoms. The predicted molar refractivity (Wildman–Crippen MR) is 105 cm³/mol. The third-order valence-electron chi connectivity index (χ3n) is 4.77. The van der Waals surface area contributed by atoms with E-state index in [1.807, 2.05) is 36.9 Å². The predicted octanol–water partition coefficient (Wildman–Crippen LogP) is 3.02. The molecule has 0 fully saturated rings. The third-order valence-corrected chi connectivity index (χ3v) is 5.81. The summed E-state index contributed by atoms with van der Waals surface area (Å²) in [5, 5.41) is 8.49. The van der Waals surface area contributed by atoms with Crippen molar-refractivity contribution < 1.29 is 9.21 Å². The SMILES string of the molecule is Cc1occc1-c1nnc(SC(C)C(=O)N2CCCc3ccccc32)n1N. The van der Waals surface area contributed by atoms with Crippen molar-refractivity contribution in [1.29, 1.82) is 0 Å². The summed E-state index contributed by atoms with van der Waals surface area (Å²) in [5.74, 6) is 7.47. The van der Waals surface area contributed by atoms with Gasteiger partial charge in [-0.25, -0.2) is 4.68 Å². The molecule has 8 heteroatoms. The molecule has 2 N–H and O–H groups in total. The van der Waals surface area contributed by atoms with Crippen molar-refractivity contribution in [2.75, 3.05) is 17.3 Å². The van der Waals surface area contributed by atoms with Crippen LogP contribution in [0.1, 0.15) is 24.7 Å². The second kappa shape index (κ2) is 7.11. The topological polar surface area (TPSA) is 90.2 Å². The summed E-state index contributed by atoms with van der Waals surface area (Å²) in [4.78, 5) is 14.9. The minimum Gasteiger partial charge on any atom is -0.469 e. The lowest BCUT2D eigenvalue weighted by Crippen LogP contribution is -2.40. The Morgan fingerprint density at radius 3 is 2.89 bits per heavy atom. The Bertz CT molecular complexity index is 980. The number of amides is 1. The molecule has 1 aromatic carbocycles. The smallest absolute Gasteiger partial charge is 0.240 e. The maximum atomic E-state index is 13.1. The molecule has 1 unspecified atom stereocenters. The van der Waals surface area contributed by atoms with Crippen LogP contribution in [-0.2, 0) is 11.2 Å². The normalized spacial score (nSPS) is 14.8. The van der Waals surface area contributed by atoms with Gasteiger partial charge in [-0.15, -0.1) is 10.2 Å². The number of benzene rings is 1. The molecule has 3 heterocycles. The first-order valence-electron chi connectivity index (χ1n) is 8.87. The van der Waals surface area contributed by atoms with E-state index in [4.69, 9.17) is 10.3 Å². The number of para-hydroxylation sites is 1. The van der Waals surface area contributed by atoms with Crippen molar-refractivity contribution in [3.8, 4) is 11.4 Å². The third kappa shape index (κ3) is 3.21. The number of nitrogens with zero attached hydrogens (tertiary/aromatic N) is 4. The Balaban J connectivity index is 1.54. The summed E-state index contributed by atoms with van der Waals surface area (Å²) in [5.41, 5.74) is 3.01. The van der Waals surface area contributed by atoms with Crippen LogP contribution in [0.2, 0.25) is 0 Å². The molecule has 0 radical (unpaired) electrons. The minimum absolute atomic E-state index is 0.0520. The molecule has 1 aliphatic heterocycles. The number of hydrogen-bond acceptors (Lipinski definition) is 6. The van der Waals surface area contributed by atoms with E-state index in [1.54, 1.807) is 12.3 Å². The van der Waals surface area contributed by atoms with Gasteiger partial charge in [0.05, 0.1) is 17.1 Å². The highest BCUT2D eigenvalue weighted by atomic mass is 32.2. The van der Waals surface area contributed by atoms with Gasteiger partial charge >= 0.3 is 0 Å². The summed E-state index contributed by atoms with van der Waals surface area (Å²) in [6, 6.07) is 9.88. The lowest BCUT2D eigenvalue weighted by Gasteiger charge is -2.31. The second-order valence-corrected chi connectivity index (χ2v) is 7.86. The van der Waals surface area contributed by atoms with Gasteiger partial charge in [-0.05, 0) is 44.4 Å². The molecule has 0 saturated heterocycles. The zero-order valence-electron chi connectivity index (χ0n) is 15.3. The van der Waals surface area contributed by atoms with Crippen molar-refractivity contribution in [2.45, 2.75) is 37.1 Å². The molecular formula is C19H21N5O2S. The van der Waals surface area contributed by atoms with E-state index in [1.165, 1.54) is 22.0 Å². The number of fused-ring (bicyclic) bond motifs is 1. The fourth-order valence-electron chi connectivity index (χ4n) is 3.35. The van der Waals surface area contributed by atoms with Crippen molar-refractivity contribution in [3.05, 3.63) is 47.9 Å². The highest BCUT2D eigenvalue weighted by molar-refractivity contribution is 8.00. The lowest BCUT2D eigenvalue weighted by molar-refractivity contribution is -0.117. The number of carbonyl (C=O) groups excluding carboxylic acids is 1. The van der Waals surface area contributed by atoms with Gasteiger partial charge in [0, 0.05) is 12.2 Å². The molecule has 3 aromatic rings. The lowest BCUT2D eigenvalue weighted by atomic mass is 10.0. The zero-order valence-corrected chi connectivity index (χ0v) is 16.1. The van der Waals surface area contributed by atoms with Crippen molar-refractivity contribution >= 4 is 23.4 Å². The molecular weight excluding hydrogens is 362 g/mol. The Labute approximate surface area is 161 Å². The van der Waals surface area contributed by atoms with Crippen LogP contribution < -0.4 is 10.7 Å². The monoisotopic (exact) mass is 383 g/mol. The minimum atomic E-state index is -0.332. The standard InChI is InChI=1S/C19H21N5O2S/c1-12-15(9-11-26-12)17-21-22-19(24(17)20)27-13(2)18(25)23-10-5-7-14-6-3-4-8-16(14)23/h3-4,6,8-9,11,13H,5,7,10,20H2,1-2H3. The quantitative estimate of drug-likeness (QED) is 0.550. The molecule has 1 aliphatic rings. The van der Waals surface area contributed by atoms with E-state index in [9.17, 15) is 4.79 Å². The Morgan fingerprint density at radius 1 is 1.30 bits per heavy atom. The van der Waals surface area contributed by atoms with Gasteiger partial charge in [-0.1, -0.05) is 30.0 Å². The number of furan rings is 1. The maximum Gasteiger partial charge on any atom is 0.240 e. The average Bonchev–Trinajstić information content (AvgIpc) is 3.26. The summed E-state index contributed by atoms with van der Waals surface area (Å²) in [7, 11) is 0. The number of aromatic nitrogens is 3.